The third-order valence-corrected chi connectivity index (χ3v) is 6.13. The number of hydrogen-bond acceptors (Lipinski definition) is 4. The van der Waals surface area contributed by atoms with E-state index in [-0.39, 0.29) is 5.91 Å². The van der Waals surface area contributed by atoms with Gasteiger partial charge in [0.05, 0.1) is 5.69 Å². The third kappa shape index (κ3) is 4.93. The Labute approximate surface area is 193 Å². The molecule has 1 aromatic carbocycles. The van der Waals surface area contributed by atoms with Gasteiger partial charge in [-0.05, 0) is 44.4 Å². The number of aryl methyl sites for hydroxylation is 3. The third-order valence-electron chi connectivity index (χ3n) is 5.73. The SMILES string of the molecule is CCCCn1nc(C)c(/C=C/C(=O)Nc2cccc(-c3nnc4n3CCCCC4)c2)c1Cl. The van der Waals surface area contributed by atoms with Crippen LogP contribution in [0.2, 0.25) is 5.15 Å². The molecule has 0 saturated heterocycles. The average molecular weight is 453 g/mol. The molecule has 8 heteroatoms. The summed E-state index contributed by atoms with van der Waals surface area (Å²) in [5.74, 6) is 1.68. The molecule has 0 spiro atoms. The number of amides is 1. The molecule has 0 fully saturated rings. The summed E-state index contributed by atoms with van der Waals surface area (Å²) in [6.45, 7) is 5.73. The summed E-state index contributed by atoms with van der Waals surface area (Å²) in [7, 11) is 0. The molecule has 32 heavy (non-hydrogen) atoms. The zero-order chi connectivity index (χ0) is 22.5. The van der Waals surface area contributed by atoms with E-state index in [1.54, 1.807) is 10.8 Å². The Kier molecular flexibility index (Phi) is 7.05. The van der Waals surface area contributed by atoms with E-state index in [0.717, 1.165) is 73.7 Å². The second-order valence-electron chi connectivity index (χ2n) is 8.17. The van der Waals surface area contributed by atoms with E-state index in [0.29, 0.717) is 10.8 Å². The average Bonchev–Trinajstić information content (AvgIpc) is 3.20. The fourth-order valence-corrected chi connectivity index (χ4v) is 4.31. The minimum atomic E-state index is -0.223. The zero-order valence-electron chi connectivity index (χ0n) is 18.6. The highest BCUT2D eigenvalue weighted by Gasteiger charge is 2.16. The number of nitrogens with one attached hydrogen (secondary N) is 1. The van der Waals surface area contributed by atoms with Crippen LogP contribution < -0.4 is 5.32 Å². The van der Waals surface area contributed by atoms with Gasteiger partial charge >= 0.3 is 0 Å². The standard InChI is InChI=1S/C24H29ClN6O/c1-3-4-15-31-23(25)20(17(2)29-31)12-13-22(32)26-19-10-8-9-18(16-19)24-28-27-21-11-6-5-7-14-30(21)24/h8-10,12-13,16H,3-7,11,14-15H2,1-2H3,(H,26,32)/b13-12+. The van der Waals surface area contributed by atoms with Crippen LogP contribution in [0.3, 0.4) is 0 Å². The predicted octanol–water partition coefficient (Wildman–Crippen LogP) is 5.28. The summed E-state index contributed by atoms with van der Waals surface area (Å²) in [5, 5.41) is 16.8. The quantitative estimate of drug-likeness (QED) is 0.494. The lowest BCUT2D eigenvalue weighted by atomic mass is 10.2. The Bertz CT molecular complexity index is 1130. The summed E-state index contributed by atoms with van der Waals surface area (Å²) in [6.07, 6.45) is 9.77. The van der Waals surface area contributed by atoms with Crippen LogP contribution in [0.25, 0.3) is 17.5 Å². The highest BCUT2D eigenvalue weighted by Crippen LogP contribution is 2.25. The summed E-state index contributed by atoms with van der Waals surface area (Å²) in [5.41, 5.74) is 3.25. The molecule has 1 N–H and O–H groups in total. The number of unbranched alkanes of at least 4 members (excludes halogenated alkanes) is 1. The Hall–Kier alpha value is -2.93. The molecule has 0 radical (unpaired) electrons. The molecule has 3 heterocycles. The molecule has 0 unspecified atom stereocenters. The highest BCUT2D eigenvalue weighted by atomic mass is 35.5. The maximum Gasteiger partial charge on any atom is 0.248 e. The van der Waals surface area contributed by atoms with Gasteiger partial charge in [0, 0.05) is 42.4 Å². The second kappa shape index (κ2) is 10.1. The summed E-state index contributed by atoms with van der Waals surface area (Å²) < 4.78 is 4.00. The molecule has 1 aliphatic rings. The Balaban J connectivity index is 1.47. The van der Waals surface area contributed by atoms with Crippen LogP contribution in [0.4, 0.5) is 5.69 Å². The van der Waals surface area contributed by atoms with Gasteiger partial charge in [-0.2, -0.15) is 5.10 Å². The Morgan fingerprint density at radius 1 is 1.25 bits per heavy atom. The van der Waals surface area contributed by atoms with Gasteiger partial charge in [0.2, 0.25) is 5.91 Å². The van der Waals surface area contributed by atoms with Crippen molar-refractivity contribution < 1.29 is 4.79 Å². The fourth-order valence-electron chi connectivity index (χ4n) is 3.99. The highest BCUT2D eigenvalue weighted by molar-refractivity contribution is 6.31. The summed E-state index contributed by atoms with van der Waals surface area (Å²) >= 11 is 6.46. The van der Waals surface area contributed by atoms with Crippen molar-refractivity contribution in [2.75, 3.05) is 5.32 Å². The smallest absolute Gasteiger partial charge is 0.248 e. The molecule has 4 rings (SSSR count). The van der Waals surface area contributed by atoms with Crippen LogP contribution in [-0.2, 0) is 24.3 Å². The van der Waals surface area contributed by atoms with E-state index in [1.807, 2.05) is 31.2 Å². The van der Waals surface area contributed by atoms with Crippen molar-refractivity contribution in [1.29, 1.82) is 0 Å². The molecule has 2 aromatic heterocycles. The maximum absolute atomic E-state index is 12.6. The van der Waals surface area contributed by atoms with Crippen LogP contribution in [0.15, 0.2) is 30.3 Å². The lowest BCUT2D eigenvalue weighted by Gasteiger charge is -2.09. The van der Waals surface area contributed by atoms with Gasteiger partial charge in [-0.1, -0.05) is 43.5 Å². The van der Waals surface area contributed by atoms with E-state index in [4.69, 9.17) is 11.6 Å². The minimum Gasteiger partial charge on any atom is -0.322 e. The molecule has 7 nitrogen and oxygen atoms in total. The fraction of sp³-hybridized carbons (Fsp3) is 0.417. The second-order valence-corrected chi connectivity index (χ2v) is 8.53. The lowest BCUT2D eigenvalue weighted by Crippen LogP contribution is -2.08. The van der Waals surface area contributed by atoms with Crippen molar-refractivity contribution in [3.63, 3.8) is 0 Å². The van der Waals surface area contributed by atoms with Crippen LogP contribution >= 0.6 is 11.6 Å². The Morgan fingerprint density at radius 3 is 2.97 bits per heavy atom. The molecule has 0 atom stereocenters. The van der Waals surface area contributed by atoms with Crippen LogP contribution in [0, 0.1) is 6.92 Å². The van der Waals surface area contributed by atoms with Crippen molar-refractivity contribution in [1.82, 2.24) is 24.5 Å². The van der Waals surface area contributed by atoms with Crippen LogP contribution in [0.5, 0.6) is 0 Å². The first kappa shape index (κ1) is 22.3. The van der Waals surface area contributed by atoms with Gasteiger partial charge < -0.3 is 9.88 Å². The van der Waals surface area contributed by atoms with Crippen molar-refractivity contribution in [2.24, 2.45) is 0 Å². The van der Waals surface area contributed by atoms with E-state index in [1.165, 1.54) is 12.5 Å². The molecular weight excluding hydrogens is 424 g/mol. The van der Waals surface area contributed by atoms with Gasteiger partial charge in [-0.25, -0.2) is 0 Å². The normalized spacial score (nSPS) is 13.8. The minimum absolute atomic E-state index is 0.223. The maximum atomic E-state index is 12.6. The van der Waals surface area contributed by atoms with Gasteiger partial charge in [0.25, 0.3) is 0 Å². The number of aromatic nitrogens is 5. The molecular formula is C24H29ClN6O. The first-order valence-corrected chi connectivity index (χ1v) is 11.7. The first-order chi connectivity index (χ1) is 15.6. The number of rotatable bonds is 7. The molecule has 1 amide bonds. The van der Waals surface area contributed by atoms with Gasteiger partial charge in [0.15, 0.2) is 5.82 Å². The number of nitrogens with zero attached hydrogens (tertiary/aromatic N) is 5. The summed E-state index contributed by atoms with van der Waals surface area (Å²) in [6, 6.07) is 7.73. The number of anilines is 1. The van der Waals surface area contributed by atoms with Crippen molar-refractivity contribution in [3.05, 3.63) is 52.6 Å². The van der Waals surface area contributed by atoms with Gasteiger partial charge in [0.1, 0.15) is 11.0 Å². The first-order valence-electron chi connectivity index (χ1n) is 11.3. The number of halogens is 1. The monoisotopic (exact) mass is 452 g/mol. The van der Waals surface area contributed by atoms with Crippen LogP contribution in [0.1, 0.15) is 56.1 Å². The zero-order valence-corrected chi connectivity index (χ0v) is 19.4. The molecule has 0 saturated carbocycles. The largest absolute Gasteiger partial charge is 0.322 e. The molecule has 0 aliphatic carbocycles. The summed E-state index contributed by atoms with van der Waals surface area (Å²) in [4.78, 5) is 12.6. The van der Waals surface area contributed by atoms with Crippen LogP contribution in [-0.4, -0.2) is 30.5 Å². The van der Waals surface area contributed by atoms with Gasteiger partial charge in [-0.3, -0.25) is 9.48 Å². The van der Waals surface area contributed by atoms with E-state index >= 15 is 0 Å². The van der Waals surface area contributed by atoms with Crippen molar-refractivity contribution in [3.8, 4) is 11.4 Å². The van der Waals surface area contributed by atoms with E-state index in [2.05, 4.69) is 32.1 Å². The number of carbonyl (C=O) groups excluding carboxylic acids is 1. The topological polar surface area (TPSA) is 77.6 Å². The molecule has 3 aromatic rings. The predicted molar refractivity (Wildman–Crippen MR) is 128 cm³/mol. The number of benzene rings is 1. The molecule has 168 valence electrons. The van der Waals surface area contributed by atoms with Gasteiger partial charge in [-0.15, -0.1) is 10.2 Å². The Morgan fingerprint density at radius 2 is 2.12 bits per heavy atom. The van der Waals surface area contributed by atoms with E-state index < -0.39 is 0 Å². The molecule has 0 bridgehead atoms. The van der Waals surface area contributed by atoms with E-state index in [9.17, 15) is 4.79 Å². The van der Waals surface area contributed by atoms with Crippen molar-refractivity contribution in [2.45, 2.75) is 65.5 Å². The lowest BCUT2D eigenvalue weighted by molar-refractivity contribution is -0.111. The number of hydrogen-bond donors (Lipinski definition) is 1. The number of fused-ring (bicyclic) bond motifs is 1. The molecule has 1 aliphatic heterocycles. The number of carbonyl (C=O) groups is 1. The van der Waals surface area contributed by atoms with Crippen molar-refractivity contribution >= 4 is 29.3 Å².